The van der Waals surface area contributed by atoms with E-state index >= 15 is 0 Å². The fourth-order valence-electron chi connectivity index (χ4n) is 3.79. The standard InChI is InChI=1S/C22H25N3O2S2/c1-27-13-7-12-25-21(26)19(29-22(25)28)15-17-14-16-8-3-4-9-18(16)23-20(17)24-10-5-2-6-11-24/h3-4,8-9,14-15H,2,5-7,10-13H2,1H3. The lowest BCUT2D eigenvalue weighted by atomic mass is 10.1. The number of thioether (sulfide) groups is 1. The summed E-state index contributed by atoms with van der Waals surface area (Å²) in [5.74, 6) is 0.946. The van der Waals surface area contributed by atoms with Gasteiger partial charge in [0, 0.05) is 44.3 Å². The summed E-state index contributed by atoms with van der Waals surface area (Å²) in [5.41, 5.74) is 1.97. The second kappa shape index (κ2) is 9.24. The molecule has 2 fully saturated rings. The number of para-hydroxylation sites is 1. The smallest absolute Gasteiger partial charge is 0.266 e. The number of amides is 1. The first kappa shape index (κ1) is 20.3. The highest BCUT2D eigenvalue weighted by atomic mass is 32.2. The van der Waals surface area contributed by atoms with E-state index in [0.717, 1.165) is 41.8 Å². The van der Waals surface area contributed by atoms with E-state index in [1.807, 2.05) is 24.3 Å². The Morgan fingerprint density at radius 2 is 2.03 bits per heavy atom. The summed E-state index contributed by atoms with van der Waals surface area (Å²) in [7, 11) is 1.67. The molecule has 2 aliphatic rings. The topological polar surface area (TPSA) is 45.7 Å². The number of hydrogen-bond donors (Lipinski definition) is 0. The Labute approximate surface area is 181 Å². The summed E-state index contributed by atoms with van der Waals surface area (Å²) in [6.07, 6.45) is 6.36. The van der Waals surface area contributed by atoms with Gasteiger partial charge in [0.1, 0.15) is 10.1 Å². The maximum Gasteiger partial charge on any atom is 0.266 e. The summed E-state index contributed by atoms with van der Waals surface area (Å²) in [4.78, 5) is 22.6. The first-order valence-electron chi connectivity index (χ1n) is 10.1. The van der Waals surface area contributed by atoms with Crippen LogP contribution in [0.25, 0.3) is 17.0 Å². The first-order chi connectivity index (χ1) is 14.2. The quantitative estimate of drug-likeness (QED) is 0.385. The number of pyridine rings is 1. The number of rotatable bonds is 6. The molecular formula is C22H25N3O2S2. The average molecular weight is 428 g/mol. The zero-order valence-electron chi connectivity index (χ0n) is 16.6. The van der Waals surface area contributed by atoms with E-state index in [9.17, 15) is 4.79 Å². The second-order valence-corrected chi connectivity index (χ2v) is 9.00. The van der Waals surface area contributed by atoms with Gasteiger partial charge in [-0.25, -0.2) is 4.98 Å². The number of nitrogens with zero attached hydrogens (tertiary/aromatic N) is 3. The van der Waals surface area contributed by atoms with Crippen LogP contribution in [0.2, 0.25) is 0 Å². The van der Waals surface area contributed by atoms with Crippen LogP contribution in [0.1, 0.15) is 31.2 Å². The summed E-state index contributed by atoms with van der Waals surface area (Å²) in [6, 6.07) is 10.3. The highest BCUT2D eigenvalue weighted by Gasteiger charge is 2.32. The van der Waals surface area contributed by atoms with Crippen molar-refractivity contribution in [1.82, 2.24) is 9.88 Å². The molecule has 0 unspecified atom stereocenters. The third kappa shape index (κ3) is 4.47. The number of benzene rings is 1. The van der Waals surface area contributed by atoms with E-state index < -0.39 is 0 Å². The number of ether oxygens (including phenoxy) is 1. The molecule has 7 heteroatoms. The molecule has 152 valence electrons. The molecule has 0 spiro atoms. The van der Waals surface area contributed by atoms with Crippen LogP contribution in [0.5, 0.6) is 0 Å². The molecule has 0 atom stereocenters. The molecule has 3 heterocycles. The third-order valence-electron chi connectivity index (χ3n) is 5.28. The number of hydrogen-bond acceptors (Lipinski definition) is 6. The van der Waals surface area contributed by atoms with E-state index in [4.69, 9.17) is 21.9 Å². The molecule has 2 aromatic rings. The molecule has 1 amide bonds. The van der Waals surface area contributed by atoms with Gasteiger partial charge in [0.05, 0.1) is 10.4 Å². The minimum Gasteiger partial charge on any atom is -0.385 e. The number of methoxy groups -OCH3 is 1. The van der Waals surface area contributed by atoms with Crippen molar-refractivity contribution in [2.24, 2.45) is 0 Å². The normalized spacial score (nSPS) is 19.0. The first-order valence-corrected chi connectivity index (χ1v) is 11.3. The minimum atomic E-state index is -0.0196. The Morgan fingerprint density at radius 3 is 2.83 bits per heavy atom. The maximum atomic E-state index is 12.9. The monoisotopic (exact) mass is 427 g/mol. The second-order valence-electron chi connectivity index (χ2n) is 7.32. The average Bonchev–Trinajstić information content (AvgIpc) is 3.01. The van der Waals surface area contributed by atoms with E-state index in [1.165, 1.54) is 31.0 Å². The van der Waals surface area contributed by atoms with Crippen LogP contribution in [0.4, 0.5) is 5.82 Å². The van der Waals surface area contributed by atoms with Crippen molar-refractivity contribution in [1.29, 1.82) is 0 Å². The fourth-order valence-corrected chi connectivity index (χ4v) is 5.09. The van der Waals surface area contributed by atoms with Crippen LogP contribution in [0, 0.1) is 0 Å². The molecule has 0 aliphatic carbocycles. The van der Waals surface area contributed by atoms with Crippen molar-refractivity contribution < 1.29 is 9.53 Å². The van der Waals surface area contributed by atoms with Crippen molar-refractivity contribution in [2.45, 2.75) is 25.7 Å². The molecule has 5 nitrogen and oxygen atoms in total. The molecule has 29 heavy (non-hydrogen) atoms. The number of thiocarbonyl (C=S) groups is 1. The van der Waals surface area contributed by atoms with Crippen LogP contribution in [0.15, 0.2) is 35.2 Å². The van der Waals surface area contributed by atoms with Crippen molar-refractivity contribution in [3.05, 3.63) is 40.8 Å². The predicted molar refractivity (Wildman–Crippen MR) is 124 cm³/mol. The van der Waals surface area contributed by atoms with Crippen LogP contribution >= 0.6 is 24.0 Å². The summed E-state index contributed by atoms with van der Waals surface area (Å²) in [6.45, 7) is 3.21. The SMILES string of the molecule is COCCCN1C(=O)C(=Cc2cc3ccccc3nc2N2CCCCC2)SC1=S. The Balaban J connectivity index is 1.69. The number of anilines is 1. The zero-order valence-corrected chi connectivity index (χ0v) is 18.2. The molecule has 2 aliphatic heterocycles. The molecular weight excluding hydrogens is 402 g/mol. The van der Waals surface area contributed by atoms with E-state index in [2.05, 4.69) is 17.0 Å². The highest BCUT2D eigenvalue weighted by Crippen LogP contribution is 2.35. The van der Waals surface area contributed by atoms with Crippen LogP contribution < -0.4 is 4.90 Å². The van der Waals surface area contributed by atoms with Crippen LogP contribution in [-0.2, 0) is 9.53 Å². The van der Waals surface area contributed by atoms with Crippen molar-refractivity contribution in [2.75, 3.05) is 38.3 Å². The molecule has 0 radical (unpaired) electrons. The number of piperidine rings is 1. The van der Waals surface area contributed by atoms with Gasteiger partial charge in [-0.1, -0.05) is 42.2 Å². The van der Waals surface area contributed by atoms with Gasteiger partial charge in [0.15, 0.2) is 0 Å². The minimum absolute atomic E-state index is 0.0196. The summed E-state index contributed by atoms with van der Waals surface area (Å²) in [5, 5.41) is 1.08. The molecule has 2 saturated heterocycles. The molecule has 0 saturated carbocycles. The molecule has 0 N–H and O–H groups in total. The van der Waals surface area contributed by atoms with Gasteiger partial charge in [-0.3, -0.25) is 9.69 Å². The van der Waals surface area contributed by atoms with Gasteiger partial charge >= 0.3 is 0 Å². The fraction of sp³-hybridized carbons (Fsp3) is 0.409. The number of carbonyl (C=O) groups is 1. The zero-order chi connectivity index (χ0) is 20.2. The van der Waals surface area contributed by atoms with E-state index in [1.54, 1.807) is 12.0 Å². The third-order valence-corrected chi connectivity index (χ3v) is 6.66. The van der Waals surface area contributed by atoms with Crippen molar-refractivity contribution >= 4 is 57.0 Å². The Morgan fingerprint density at radius 1 is 1.24 bits per heavy atom. The van der Waals surface area contributed by atoms with Gasteiger partial charge in [0.25, 0.3) is 5.91 Å². The maximum absolute atomic E-state index is 12.9. The molecule has 1 aromatic carbocycles. The van der Waals surface area contributed by atoms with E-state index in [-0.39, 0.29) is 5.91 Å². The Hall–Kier alpha value is -1.96. The van der Waals surface area contributed by atoms with Gasteiger partial charge in [-0.15, -0.1) is 0 Å². The van der Waals surface area contributed by atoms with Gasteiger partial charge < -0.3 is 9.64 Å². The Kier molecular flexibility index (Phi) is 6.47. The van der Waals surface area contributed by atoms with Gasteiger partial charge in [-0.2, -0.15) is 0 Å². The predicted octanol–water partition coefficient (Wildman–Crippen LogP) is 4.46. The van der Waals surface area contributed by atoms with Crippen molar-refractivity contribution in [3.63, 3.8) is 0 Å². The summed E-state index contributed by atoms with van der Waals surface area (Å²) < 4.78 is 5.72. The van der Waals surface area contributed by atoms with E-state index in [0.29, 0.717) is 22.4 Å². The van der Waals surface area contributed by atoms with Gasteiger partial charge in [0.2, 0.25) is 0 Å². The Bertz CT molecular complexity index is 954. The number of carbonyl (C=O) groups excluding carboxylic acids is 1. The van der Waals surface area contributed by atoms with Crippen LogP contribution in [-0.4, -0.2) is 53.5 Å². The molecule has 0 bridgehead atoms. The van der Waals surface area contributed by atoms with Crippen LogP contribution in [0.3, 0.4) is 0 Å². The lowest BCUT2D eigenvalue weighted by Crippen LogP contribution is -2.31. The lowest BCUT2D eigenvalue weighted by Gasteiger charge is -2.29. The number of fused-ring (bicyclic) bond motifs is 1. The lowest BCUT2D eigenvalue weighted by molar-refractivity contribution is -0.122. The van der Waals surface area contributed by atoms with Crippen molar-refractivity contribution in [3.8, 4) is 0 Å². The number of aromatic nitrogens is 1. The molecule has 4 rings (SSSR count). The highest BCUT2D eigenvalue weighted by molar-refractivity contribution is 8.26. The molecule has 1 aromatic heterocycles. The van der Waals surface area contributed by atoms with Gasteiger partial charge in [-0.05, 0) is 43.9 Å². The largest absolute Gasteiger partial charge is 0.385 e. The summed E-state index contributed by atoms with van der Waals surface area (Å²) >= 11 is 6.83.